The summed E-state index contributed by atoms with van der Waals surface area (Å²) >= 11 is 0. The molecule has 20 heavy (non-hydrogen) atoms. The standard InChI is InChI=1S/C18H15.C2H6/c1-3-9-15(10-4-1)17-13-7-8-14-18(17)16-11-5-2-6-12-16;1-2/h1-13H,14H2;1-2H3. The van der Waals surface area contributed by atoms with E-state index in [-0.39, 0.29) is 0 Å². The molecule has 0 saturated carbocycles. The molecule has 2 aromatic carbocycles. The Kier molecular flexibility index (Phi) is 5.37. The summed E-state index contributed by atoms with van der Waals surface area (Å²) in [5.41, 5.74) is 5.35. The van der Waals surface area contributed by atoms with Crippen molar-refractivity contribution in [2.75, 3.05) is 0 Å². The fraction of sp³-hybridized carbons (Fsp3) is 0.150. The summed E-state index contributed by atoms with van der Waals surface area (Å²) in [6.07, 6.45) is 7.58. The Balaban J connectivity index is 0.000000704. The first-order chi connectivity index (χ1) is 9.95. The second kappa shape index (κ2) is 7.49. The normalized spacial score (nSPS) is 13.7. The smallest absolute Gasteiger partial charge is 0.0123 e. The highest BCUT2D eigenvalue weighted by atomic mass is 14.2. The molecule has 0 fully saturated rings. The maximum atomic E-state index is 2.22. The van der Waals surface area contributed by atoms with Gasteiger partial charge in [-0.1, -0.05) is 86.7 Å². The average Bonchev–Trinajstić information content (AvgIpc) is 2.58. The van der Waals surface area contributed by atoms with Crippen LogP contribution in [0.4, 0.5) is 0 Å². The number of benzene rings is 2. The van der Waals surface area contributed by atoms with Crippen molar-refractivity contribution >= 4 is 11.1 Å². The summed E-state index contributed by atoms with van der Waals surface area (Å²) in [7, 11) is 0. The van der Waals surface area contributed by atoms with Gasteiger partial charge in [0.25, 0.3) is 0 Å². The van der Waals surface area contributed by atoms with Gasteiger partial charge in [0, 0.05) is 0 Å². The van der Waals surface area contributed by atoms with Crippen LogP contribution in [0.5, 0.6) is 0 Å². The monoisotopic (exact) mass is 261 g/mol. The molecule has 101 valence electrons. The van der Waals surface area contributed by atoms with Gasteiger partial charge in [0.05, 0.1) is 0 Å². The van der Waals surface area contributed by atoms with E-state index in [1.165, 1.54) is 22.3 Å². The van der Waals surface area contributed by atoms with Gasteiger partial charge in [0.1, 0.15) is 0 Å². The first kappa shape index (κ1) is 14.3. The van der Waals surface area contributed by atoms with Crippen molar-refractivity contribution in [3.05, 3.63) is 90.4 Å². The maximum absolute atomic E-state index is 2.22. The predicted octanol–water partition coefficient (Wildman–Crippen LogP) is 5.79. The van der Waals surface area contributed by atoms with E-state index in [9.17, 15) is 0 Å². The highest BCUT2D eigenvalue weighted by Gasteiger charge is 2.11. The van der Waals surface area contributed by atoms with Gasteiger partial charge in [-0.25, -0.2) is 0 Å². The van der Waals surface area contributed by atoms with Crippen molar-refractivity contribution in [2.45, 2.75) is 20.3 Å². The van der Waals surface area contributed by atoms with Crippen LogP contribution in [0.1, 0.15) is 31.4 Å². The van der Waals surface area contributed by atoms with E-state index < -0.39 is 0 Å². The molecule has 3 rings (SSSR count). The maximum Gasteiger partial charge on any atom is -0.0123 e. The molecule has 0 heteroatoms. The van der Waals surface area contributed by atoms with Gasteiger partial charge in [-0.15, -0.1) is 0 Å². The van der Waals surface area contributed by atoms with E-state index >= 15 is 0 Å². The van der Waals surface area contributed by atoms with Gasteiger partial charge in [0.2, 0.25) is 0 Å². The summed E-state index contributed by atoms with van der Waals surface area (Å²) in [6, 6.07) is 21.2. The Hall–Kier alpha value is -2.08. The summed E-state index contributed by atoms with van der Waals surface area (Å²) in [4.78, 5) is 0. The molecule has 0 amide bonds. The molecule has 0 heterocycles. The first-order valence-electron chi connectivity index (χ1n) is 7.29. The lowest BCUT2D eigenvalue weighted by Crippen LogP contribution is -1.95. The Morgan fingerprint density at radius 3 is 1.85 bits per heavy atom. The van der Waals surface area contributed by atoms with Gasteiger partial charge in [-0.3, -0.25) is 0 Å². The van der Waals surface area contributed by atoms with E-state index in [1.54, 1.807) is 0 Å². The molecule has 0 unspecified atom stereocenters. The van der Waals surface area contributed by atoms with E-state index in [2.05, 4.69) is 79.2 Å². The van der Waals surface area contributed by atoms with Crippen molar-refractivity contribution in [3.63, 3.8) is 0 Å². The number of rotatable bonds is 2. The van der Waals surface area contributed by atoms with E-state index in [1.807, 2.05) is 13.8 Å². The third-order valence-corrected chi connectivity index (χ3v) is 3.25. The molecule has 0 bridgehead atoms. The second-order valence-electron chi connectivity index (χ2n) is 4.42. The number of hydrogen-bond donors (Lipinski definition) is 0. The molecule has 0 saturated heterocycles. The molecule has 0 atom stereocenters. The summed E-state index contributed by atoms with van der Waals surface area (Å²) in [5.74, 6) is 0. The van der Waals surface area contributed by atoms with Crippen LogP contribution in [0.15, 0.2) is 72.8 Å². The molecule has 1 aliphatic carbocycles. The third-order valence-electron chi connectivity index (χ3n) is 3.25. The number of allylic oxidation sites excluding steroid dienone is 4. The van der Waals surface area contributed by atoms with Crippen molar-refractivity contribution in [3.8, 4) is 0 Å². The summed E-state index contributed by atoms with van der Waals surface area (Å²) in [5, 5.41) is 0. The fourth-order valence-corrected chi connectivity index (χ4v) is 2.36. The predicted molar refractivity (Wildman–Crippen MR) is 89.1 cm³/mol. The lowest BCUT2D eigenvalue weighted by atomic mass is 9.88. The molecular weight excluding hydrogens is 240 g/mol. The van der Waals surface area contributed by atoms with Gasteiger partial charge >= 0.3 is 0 Å². The van der Waals surface area contributed by atoms with Crippen LogP contribution in [0.2, 0.25) is 0 Å². The van der Waals surface area contributed by atoms with Crippen LogP contribution >= 0.6 is 0 Å². The minimum absolute atomic E-state index is 1.00. The van der Waals surface area contributed by atoms with Crippen LogP contribution < -0.4 is 0 Å². The molecule has 0 nitrogen and oxygen atoms in total. The topological polar surface area (TPSA) is 0 Å². The Morgan fingerprint density at radius 1 is 0.700 bits per heavy atom. The van der Waals surface area contributed by atoms with Crippen molar-refractivity contribution < 1.29 is 0 Å². The average molecular weight is 261 g/mol. The van der Waals surface area contributed by atoms with Gasteiger partial charge < -0.3 is 0 Å². The molecular formula is C20H21. The highest BCUT2D eigenvalue weighted by molar-refractivity contribution is 5.97. The Morgan fingerprint density at radius 2 is 1.25 bits per heavy atom. The SMILES string of the molecule is CC.[CH]1C=CC(c2ccccc2)=C(c2ccccc2)C1. The Labute approximate surface area is 122 Å². The largest absolute Gasteiger partial charge is 0.0799 e. The molecule has 1 radical (unpaired) electrons. The zero-order valence-electron chi connectivity index (χ0n) is 12.2. The first-order valence-corrected chi connectivity index (χ1v) is 7.29. The van der Waals surface area contributed by atoms with Crippen LogP contribution in [0.3, 0.4) is 0 Å². The van der Waals surface area contributed by atoms with Crippen LogP contribution in [-0.4, -0.2) is 0 Å². The van der Waals surface area contributed by atoms with Gasteiger partial charge in [0.15, 0.2) is 0 Å². The van der Waals surface area contributed by atoms with E-state index in [0.717, 1.165) is 6.42 Å². The second-order valence-corrected chi connectivity index (χ2v) is 4.42. The zero-order valence-corrected chi connectivity index (χ0v) is 12.2. The van der Waals surface area contributed by atoms with E-state index in [4.69, 9.17) is 0 Å². The van der Waals surface area contributed by atoms with Crippen molar-refractivity contribution in [1.29, 1.82) is 0 Å². The van der Waals surface area contributed by atoms with Crippen LogP contribution in [0, 0.1) is 6.42 Å². The van der Waals surface area contributed by atoms with Crippen LogP contribution in [0.25, 0.3) is 11.1 Å². The van der Waals surface area contributed by atoms with Gasteiger partial charge in [-0.2, -0.15) is 0 Å². The lowest BCUT2D eigenvalue weighted by molar-refractivity contribution is 1.28. The summed E-state index contributed by atoms with van der Waals surface area (Å²) in [6.45, 7) is 4.00. The zero-order chi connectivity index (χ0) is 14.2. The van der Waals surface area contributed by atoms with Crippen molar-refractivity contribution in [2.24, 2.45) is 0 Å². The Bertz CT molecular complexity index is 574. The van der Waals surface area contributed by atoms with Gasteiger partial charge in [-0.05, 0) is 35.1 Å². The third kappa shape index (κ3) is 3.27. The summed E-state index contributed by atoms with van der Waals surface area (Å²) < 4.78 is 0. The number of hydrogen-bond acceptors (Lipinski definition) is 0. The molecule has 2 aromatic rings. The quantitative estimate of drug-likeness (QED) is 0.642. The molecule has 0 aliphatic heterocycles. The highest BCUT2D eigenvalue weighted by Crippen LogP contribution is 2.33. The molecule has 0 aromatic heterocycles. The van der Waals surface area contributed by atoms with E-state index in [0.29, 0.717) is 0 Å². The van der Waals surface area contributed by atoms with Crippen LogP contribution in [-0.2, 0) is 0 Å². The molecule has 0 spiro atoms. The lowest BCUT2D eigenvalue weighted by Gasteiger charge is -2.16. The van der Waals surface area contributed by atoms with Crippen molar-refractivity contribution in [1.82, 2.24) is 0 Å². The molecule has 0 N–H and O–H groups in total. The minimum Gasteiger partial charge on any atom is -0.0799 e. The minimum atomic E-state index is 1.00. The molecule has 1 aliphatic rings. The fourth-order valence-electron chi connectivity index (χ4n) is 2.36.